The average Bonchev–Trinajstić information content (AvgIpc) is 2.43. The Balaban J connectivity index is 2.68. The molecule has 0 radical (unpaired) electrons. The molecule has 1 aliphatic rings. The van der Waals surface area contributed by atoms with Gasteiger partial charge in [-0.15, -0.1) is 0 Å². The third kappa shape index (κ3) is 1.16. The summed E-state index contributed by atoms with van der Waals surface area (Å²) in [4.78, 5) is 0. The lowest BCUT2D eigenvalue weighted by atomic mass is 10.1. The smallest absolute Gasteiger partial charge is 0.145 e. The number of aromatic hydroxyl groups is 1. The Kier molecular flexibility index (Phi) is 1.86. The second kappa shape index (κ2) is 2.79. The van der Waals surface area contributed by atoms with Crippen molar-refractivity contribution >= 4 is 17.3 Å². The van der Waals surface area contributed by atoms with Crippen molar-refractivity contribution < 1.29 is 5.11 Å². The minimum Gasteiger partial charge on any atom is -0.505 e. The van der Waals surface area contributed by atoms with Gasteiger partial charge in [-0.05, 0) is 24.5 Å². The first-order chi connectivity index (χ1) is 6.11. The van der Waals surface area contributed by atoms with E-state index in [1.807, 2.05) is 0 Å². The Labute approximate surface area is 81.3 Å². The zero-order valence-electron chi connectivity index (χ0n) is 7.05. The molecule has 0 aromatic heterocycles. The fourth-order valence-corrected chi connectivity index (χ4v) is 2.02. The van der Waals surface area contributed by atoms with Gasteiger partial charge in [0.15, 0.2) is 0 Å². The molecule has 0 aliphatic heterocycles. The molecule has 2 rings (SSSR count). The van der Waals surface area contributed by atoms with Crippen LogP contribution in [0, 0.1) is 0 Å². The normalized spacial score (nSPS) is 20.3. The van der Waals surface area contributed by atoms with E-state index in [1.165, 1.54) is 0 Å². The maximum absolute atomic E-state index is 9.68. The van der Waals surface area contributed by atoms with E-state index in [-0.39, 0.29) is 17.5 Å². The van der Waals surface area contributed by atoms with Gasteiger partial charge in [-0.1, -0.05) is 11.6 Å². The Morgan fingerprint density at radius 2 is 2.23 bits per heavy atom. The second-order valence-corrected chi connectivity index (χ2v) is 3.75. The van der Waals surface area contributed by atoms with Crippen LogP contribution in [0.3, 0.4) is 0 Å². The lowest BCUT2D eigenvalue weighted by Crippen LogP contribution is -2.06. The summed E-state index contributed by atoms with van der Waals surface area (Å²) in [6.07, 6.45) is 1.72. The molecule has 13 heavy (non-hydrogen) atoms. The van der Waals surface area contributed by atoms with E-state index >= 15 is 0 Å². The Bertz CT molecular complexity index is 365. The topological polar surface area (TPSA) is 72.3 Å². The van der Waals surface area contributed by atoms with E-state index in [1.54, 1.807) is 6.07 Å². The number of phenolic OH excluding ortho intramolecular Hbond substituents is 1. The van der Waals surface area contributed by atoms with Gasteiger partial charge in [-0.2, -0.15) is 0 Å². The van der Waals surface area contributed by atoms with E-state index in [9.17, 15) is 5.11 Å². The zero-order chi connectivity index (χ0) is 9.59. The standard InChI is InChI=1S/C9H11ClN2O/c10-5-3-4-1-2-6(11)7(4)9(13)8(5)12/h3,6,13H,1-2,11-12H2/t6-/m1/s1. The van der Waals surface area contributed by atoms with Gasteiger partial charge < -0.3 is 16.6 Å². The SMILES string of the molecule is Nc1c(Cl)cc2c(c1O)[C@H](N)CC2. The average molecular weight is 199 g/mol. The van der Waals surface area contributed by atoms with Gasteiger partial charge in [0.2, 0.25) is 0 Å². The van der Waals surface area contributed by atoms with E-state index in [2.05, 4.69) is 0 Å². The Morgan fingerprint density at radius 3 is 2.92 bits per heavy atom. The van der Waals surface area contributed by atoms with Crippen LogP contribution in [0.4, 0.5) is 5.69 Å². The number of halogens is 1. The number of nitrogen functional groups attached to an aromatic ring is 1. The highest BCUT2D eigenvalue weighted by atomic mass is 35.5. The molecule has 0 amide bonds. The van der Waals surface area contributed by atoms with Gasteiger partial charge in [0.1, 0.15) is 5.75 Å². The molecule has 1 aliphatic carbocycles. The van der Waals surface area contributed by atoms with Crippen LogP contribution in [0.25, 0.3) is 0 Å². The van der Waals surface area contributed by atoms with Gasteiger partial charge in [0.05, 0.1) is 10.7 Å². The van der Waals surface area contributed by atoms with E-state index in [0.717, 1.165) is 24.0 Å². The van der Waals surface area contributed by atoms with Crippen LogP contribution in [-0.2, 0) is 6.42 Å². The second-order valence-electron chi connectivity index (χ2n) is 3.34. The summed E-state index contributed by atoms with van der Waals surface area (Å²) in [5.41, 5.74) is 13.4. The zero-order valence-corrected chi connectivity index (χ0v) is 7.80. The van der Waals surface area contributed by atoms with Crippen LogP contribution in [0.5, 0.6) is 5.75 Å². The van der Waals surface area contributed by atoms with Gasteiger partial charge in [0.25, 0.3) is 0 Å². The van der Waals surface area contributed by atoms with Crippen molar-refractivity contribution in [3.63, 3.8) is 0 Å². The molecule has 1 aromatic rings. The van der Waals surface area contributed by atoms with Crippen molar-refractivity contribution in [3.05, 3.63) is 22.2 Å². The van der Waals surface area contributed by atoms with Crippen molar-refractivity contribution in [1.82, 2.24) is 0 Å². The molecule has 0 saturated carbocycles. The molecule has 0 spiro atoms. The van der Waals surface area contributed by atoms with Crippen LogP contribution in [0.1, 0.15) is 23.6 Å². The van der Waals surface area contributed by atoms with Crippen LogP contribution < -0.4 is 11.5 Å². The maximum atomic E-state index is 9.68. The highest BCUT2D eigenvalue weighted by Crippen LogP contribution is 2.42. The van der Waals surface area contributed by atoms with Gasteiger partial charge in [0, 0.05) is 11.6 Å². The minimum absolute atomic E-state index is 0.0625. The van der Waals surface area contributed by atoms with Crippen molar-refractivity contribution in [2.45, 2.75) is 18.9 Å². The van der Waals surface area contributed by atoms with E-state index in [4.69, 9.17) is 23.1 Å². The highest BCUT2D eigenvalue weighted by molar-refractivity contribution is 6.33. The molecule has 70 valence electrons. The first-order valence-electron chi connectivity index (χ1n) is 4.16. The summed E-state index contributed by atoms with van der Waals surface area (Å²) in [5.74, 6) is 0.0625. The number of rotatable bonds is 0. The summed E-state index contributed by atoms with van der Waals surface area (Å²) >= 11 is 5.82. The number of anilines is 1. The van der Waals surface area contributed by atoms with Gasteiger partial charge in [-0.3, -0.25) is 0 Å². The molecular formula is C9H11ClN2O. The lowest BCUT2D eigenvalue weighted by Gasteiger charge is -2.10. The van der Waals surface area contributed by atoms with Crippen LogP contribution in [-0.4, -0.2) is 5.11 Å². The lowest BCUT2D eigenvalue weighted by molar-refractivity contribution is 0.466. The molecule has 3 nitrogen and oxygen atoms in total. The van der Waals surface area contributed by atoms with Crippen LogP contribution in [0.2, 0.25) is 5.02 Å². The van der Waals surface area contributed by atoms with Crippen molar-refractivity contribution in [2.24, 2.45) is 5.73 Å². The molecule has 1 aromatic carbocycles. The predicted molar refractivity (Wildman–Crippen MR) is 52.8 cm³/mol. The highest BCUT2D eigenvalue weighted by Gasteiger charge is 2.25. The van der Waals surface area contributed by atoms with Crippen molar-refractivity contribution in [3.8, 4) is 5.75 Å². The largest absolute Gasteiger partial charge is 0.505 e. The summed E-state index contributed by atoms with van der Waals surface area (Å²) in [5, 5.41) is 10.1. The fourth-order valence-electron chi connectivity index (χ4n) is 1.79. The third-order valence-corrected chi connectivity index (χ3v) is 2.82. The first kappa shape index (κ1) is 8.66. The summed E-state index contributed by atoms with van der Waals surface area (Å²) < 4.78 is 0. The van der Waals surface area contributed by atoms with Crippen molar-refractivity contribution in [2.75, 3.05) is 5.73 Å². The third-order valence-electron chi connectivity index (χ3n) is 2.51. The van der Waals surface area contributed by atoms with Crippen LogP contribution in [0.15, 0.2) is 6.07 Å². The molecule has 4 heteroatoms. The number of benzene rings is 1. The van der Waals surface area contributed by atoms with Gasteiger partial charge in [-0.25, -0.2) is 0 Å². The summed E-state index contributed by atoms with van der Waals surface area (Å²) in [7, 11) is 0. The molecular weight excluding hydrogens is 188 g/mol. The Hall–Kier alpha value is -0.930. The summed E-state index contributed by atoms with van der Waals surface area (Å²) in [6.45, 7) is 0. The number of nitrogens with two attached hydrogens (primary N) is 2. The molecule has 0 saturated heterocycles. The molecule has 5 N–H and O–H groups in total. The molecule has 0 unspecified atom stereocenters. The minimum atomic E-state index is -0.102. The van der Waals surface area contributed by atoms with Gasteiger partial charge >= 0.3 is 0 Å². The molecule has 0 bridgehead atoms. The summed E-state index contributed by atoms with van der Waals surface area (Å²) in [6, 6.07) is 1.69. The maximum Gasteiger partial charge on any atom is 0.145 e. The fraction of sp³-hybridized carbons (Fsp3) is 0.333. The van der Waals surface area contributed by atoms with E-state index in [0.29, 0.717) is 5.02 Å². The van der Waals surface area contributed by atoms with E-state index < -0.39 is 0 Å². The molecule has 0 fully saturated rings. The number of fused-ring (bicyclic) bond motifs is 1. The number of aryl methyl sites for hydroxylation is 1. The molecule has 0 heterocycles. The number of phenols is 1. The van der Waals surface area contributed by atoms with Crippen LogP contribution >= 0.6 is 11.6 Å². The number of hydrogen-bond donors (Lipinski definition) is 3. The van der Waals surface area contributed by atoms with Crippen molar-refractivity contribution in [1.29, 1.82) is 0 Å². The quantitative estimate of drug-likeness (QED) is 0.438. The number of hydrogen-bond acceptors (Lipinski definition) is 3. The Morgan fingerprint density at radius 1 is 1.54 bits per heavy atom. The first-order valence-corrected chi connectivity index (χ1v) is 4.54. The monoisotopic (exact) mass is 198 g/mol. The molecule has 1 atom stereocenters. The predicted octanol–water partition coefficient (Wildman–Crippen LogP) is 1.57.